The predicted molar refractivity (Wildman–Crippen MR) is 98.9 cm³/mol. The number of aromatic amines is 1. The summed E-state index contributed by atoms with van der Waals surface area (Å²) in [7, 11) is 1.50. The molecule has 0 amide bonds. The zero-order valence-corrected chi connectivity index (χ0v) is 14.3. The van der Waals surface area contributed by atoms with E-state index in [1.807, 2.05) is 42.5 Å². The fraction of sp³-hybridized carbons (Fsp3) is 0.0588. The first kappa shape index (κ1) is 14.3. The van der Waals surface area contributed by atoms with Crippen molar-refractivity contribution in [2.24, 2.45) is 10.1 Å². The molecule has 2 aromatic carbocycles. The minimum absolute atomic E-state index is 0.0828. The molecule has 6 heteroatoms. The van der Waals surface area contributed by atoms with Crippen LogP contribution in [-0.2, 0) is 4.84 Å². The number of para-hydroxylation sites is 2. The summed E-state index contributed by atoms with van der Waals surface area (Å²) < 4.78 is 1.03. The van der Waals surface area contributed by atoms with E-state index in [0.29, 0.717) is 17.0 Å². The van der Waals surface area contributed by atoms with E-state index in [0.717, 1.165) is 25.7 Å². The highest BCUT2D eigenvalue weighted by Gasteiger charge is 2.29. The van der Waals surface area contributed by atoms with Crippen LogP contribution < -0.4 is 0 Å². The molecule has 2 N–H and O–H groups in total. The van der Waals surface area contributed by atoms with Crippen molar-refractivity contribution in [3.8, 4) is 5.88 Å². The van der Waals surface area contributed by atoms with Crippen LogP contribution in [-0.4, -0.2) is 28.6 Å². The van der Waals surface area contributed by atoms with Crippen LogP contribution in [0.1, 0.15) is 11.1 Å². The molecule has 0 atom stereocenters. The van der Waals surface area contributed by atoms with Gasteiger partial charge >= 0.3 is 0 Å². The Labute approximate surface area is 145 Å². The zero-order chi connectivity index (χ0) is 16.0. The molecule has 1 aliphatic heterocycles. The van der Waals surface area contributed by atoms with Crippen LogP contribution >= 0.6 is 22.6 Å². The molecule has 0 saturated carbocycles. The lowest BCUT2D eigenvalue weighted by molar-refractivity contribution is 0.214. The molecule has 3 aromatic rings. The van der Waals surface area contributed by atoms with Gasteiger partial charge in [0.1, 0.15) is 18.5 Å². The van der Waals surface area contributed by atoms with Gasteiger partial charge in [0.15, 0.2) is 5.88 Å². The Balaban J connectivity index is 2.00. The molecule has 1 aromatic heterocycles. The highest BCUT2D eigenvalue weighted by Crippen LogP contribution is 2.36. The molecule has 23 heavy (non-hydrogen) atoms. The van der Waals surface area contributed by atoms with Gasteiger partial charge in [-0.1, -0.05) is 35.5 Å². The first-order valence-corrected chi connectivity index (χ1v) is 8.07. The van der Waals surface area contributed by atoms with Gasteiger partial charge in [0.05, 0.1) is 16.8 Å². The summed E-state index contributed by atoms with van der Waals surface area (Å²) in [4.78, 5) is 12.7. The maximum atomic E-state index is 10.4. The maximum absolute atomic E-state index is 10.4. The Hall–Kier alpha value is -2.35. The minimum Gasteiger partial charge on any atom is -0.494 e. The Morgan fingerprint density at radius 2 is 2.00 bits per heavy atom. The monoisotopic (exact) mass is 417 g/mol. The van der Waals surface area contributed by atoms with E-state index in [9.17, 15) is 5.11 Å². The van der Waals surface area contributed by atoms with Crippen LogP contribution in [0, 0.1) is 3.57 Å². The normalized spacial score (nSPS) is 15.0. The molecule has 4 rings (SSSR count). The average molecular weight is 417 g/mol. The topological polar surface area (TPSA) is 70.0 Å². The number of aromatic nitrogens is 1. The van der Waals surface area contributed by atoms with Crippen molar-refractivity contribution in [3.05, 3.63) is 57.2 Å². The van der Waals surface area contributed by atoms with Crippen LogP contribution in [0.3, 0.4) is 0 Å². The Bertz CT molecular complexity index is 989. The number of oxime groups is 1. The molecule has 0 radical (unpaired) electrons. The van der Waals surface area contributed by atoms with Crippen molar-refractivity contribution < 1.29 is 9.94 Å². The second kappa shape index (κ2) is 5.38. The molecular formula is C17H12IN3O2. The van der Waals surface area contributed by atoms with Crippen molar-refractivity contribution in [1.29, 1.82) is 0 Å². The first-order chi connectivity index (χ1) is 11.2. The third kappa shape index (κ3) is 2.13. The summed E-state index contributed by atoms with van der Waals surface area (Å²) in [5.74, 6) is 0.0828. The van der Waals surface area contributed by atoms with Gasteiger partial charge in [0.25, 0.3) is 0 Å². The Morgan fingerprint density at radius 3 is 2.83 bits per heavy atom. The summed E-state index contributed by atoms with van der Waals surface area (Å²) in [6.07, 6.45) is 0. The van der Waals surface area contributed by atoms with Crippen molar-refractivity contribution >= 4 is 50.6 Å². The van der Waals surface area contributed by atoms with Crippen LogP contribution in [0.2, 0.25) is 0 Å². The van der Waals surface area contributed by atoms with E-state index in [-0.39, 0.29) is 5.88 Å². The van der Waals surface area contributed by atoms with Gasteiger partial charge in [-0.25, -0.2) is 4.99 Å². The fourth-order valence-corrected chi connectivity index (χ4v) is 3.47. The molecule has 0 spiro atoms. The lowest BCUT2D eigenvalue weighted by atomic mass is 10.0. The standard InChI is InChI=1S/C17H12IN3O2/c1-23-21-15-9-5-2-3-8-12(9)19-16(15)13-10-6-4-7-11(18)14(10)20-17(13)22/h2-8,20,22H,1H3. The number of aromatic hydroxyl groups is 1. The van der Waals surface area contributed by atoms with E-state index in [1.54, 1.807) is 0 Å². The van der Waals surface area contributed by atoms with Gasteiger partial charge in [0.2, 0.25) is 0 Å². The Kier molecular flexibility index (Phi) is 3.33. The Morgan fingerprint density at radius 1 is 1.17 bits per heavy atom. The number of nitrogens with one attached hydrogen (secondary N) is 1. The number of hydrogen-bond donors (Lipinski definition) is 2. The molecule has 0 fully saturated rings. The van der Waals surface area contributed by atoms with Crippen molar-refractivity contribution in [1.82, 2.24) is 4.98 Å². The van der Waals surface area contributed by atoms with E-state index < -0.39 is 0 Å². The molecular weight excluding hydrogens is 405 g/mol. The number of rotatable bonds is 2. The second-order valence-electron chi connectivity index (χ2n) is 5.11. The molecule has 0 bridgehead atoms. The van der Waals surface area contributed by atoms with Gasteiger partial charge in [0, 0.05) is 14.5 Å². The number of hydrogen-bond acceptors (Lipinski definition) is 4. The molecule has 0 unspecified atom stereocenters. The average Bonchev–Trinajstić information content (AvgIpc) is 3.06. The van der Waals surface area contributed by atoms with Gasteiger partial charge in [-0.15, -0.1) is 0 Å². The van der Waals surface area contributed by atoms with Crippen molar-refractivity contribution in [2.75, 3.05) is 7.11 Å². The van der Waals surface area contributed by atoms with E-state index >= 15 is 0 Å². The highest BCUT2D eigenvalue weighted by atomic mass is 127. The fourth-order valence-electron chi connectivity index (χ4n) is 2.84. The SMILES string of the molecule is CON=C1C(c2c(O)[nH]c3c(I)cccc23)=Nc2ccccc21. The lowest BCUT2D eigenvalue weighted by Crippen LogP contribution is -2.13. The van der Waals surface area contributed by atoms with Gasteiger partial charge in [-0.2, -0.15) is 0 Å². The van der Waals surface area contributed by atoms with E-state index in [1.165, 1.54) is 7.11 Å². The van der Waals surface area contributed by atoms with Crippen LogP contribution in [0.5, 0.6) is 5.88 Å². The summed E-state index contributed by atoms with van der Waals surface area (Å²) in [5, 5.41) is 15.5. The predicted octanol–water partition coefficient (Wildman–Crippen LogP) is 3.96. The summed E-state index contributed by atoms with van der Waals surface area (Å²) in [6, 6.07) is 13.6. The molecule has 5 nitrogen and oxygen atoms in total. The number of aliphatic imine (C=N–C) groups is 1. The summed E-state index contributed by atoms with van der Waals surface area (Å²) in [6.45, 7) is 0. The highest BCUT2D eigenvalue weighted by molar-refractivity contribution is 14.1. The van der Waals surface area contributed by atoms with Gasteiger partial charge in [-0.05, 0) is 34.7 Å². The number of halogens is 1. The maximum Gasteiger partial charge on any atom is 0.199 e. The first-order valence-electron chi connectivity index (χ1n) is 7.00. The molecule has 1 aliphatic rings. The van der Waals surface area contributed by atoms with E-state index in [2.05, 4.69) is 37.7 Å². The lowest BCUT2D eigenvalue weighted by Gasteiger charge is -2.03. The van der Waals surface area contributed by atoms with Gasteiger partial charge in [-0.3, -0.25) is 0 Å². The number of fused-ring (bicyclic) bond motifs is 2. The second-order valence-corrected chi connectivity index (χ2v) is 6.27. The van der Waals surface area contributed by atoms with Gasteiger partial charge < -0.3 is 14.9 Å². The number of nitrogens with zero attached hydrogens (tertiary/aromatic N) is 2. The molecule has 0 saturated heterocycles. The number of benzene rings is 2. The summed E-state index contributed by atoms with van der Waals surface area (Å²) >= 11 is 2.24. The number of H-pyrrole nitrogens is 1. The van der Waals surface area contributed by atoms with Crippen LogP contribution in [0.15, 0.2) is 52.6 Å². The van der Waals surface area contributed by atoms with E-state index in [4.69, 9.17) is 4.84 Å². The third-order valence-corrected chi connectivity index (χ3v) is 4.70. The third-order valence-electron chi connectivity index (χ3n) is 3.80. The molecule has 2 heterocycles. The van der Waals surface area contributed by atoms with Crippen LogP contribution in [0.25, 0.3) is 10.9 Å². The van der Waals surface area contributed by atoms with Crippen molar-refractivity contribution in [2.45, 2.75) is 0 Å². The smallest absolute Gasteiger partial charge is 0.199 e. The van der Waals surface area contributed by atoms with Crippen LogP contribution in [0.4, 0.5) is 5.69 Å². The minimum atomic E-state index is 0.0828. The summed E-state index contributed by atoms with van der Waals surface area (Å²) in [5.41, 5.74) is 4.47. The largest absolute Gasteiger partial charge is 0.494 e. The molecule has 114 valence electrons. The quantitative estimate of drug-likeness (QED) is 0.490. The molecule has 0 aliphatic carbocycles. The van der Waals surface area contributed by atoms with Crippen molar-refractivity contribution in [3.63, 3.8) is 0 Å². The zero-order valence-electron chi connectivity index (χ0n) is 12.2.